The molecular weight excluding hydrogens is 1050 g/mol. The highest BCUT2D eigenvalue weighted by molar-refractivity contribution is 6.67. The molecule has 2 aliphatic rings. The van der Waals surface area contributed by atoms with E-state index in [2.05, 4.69) is 48.2 Å². The lowest BCUT2D eigenvalue weighted by Crippen LogP contribution is -2.55. The molecule has 18 nitrogen and oxygen atoms in total. The van der Waals surface area contributed by atoms with Gasteiger partial charge in [0.2, 0.25) is 0 Å². The first kappa shape index (κ1) is 74.0. The Balaban J connectivity index is 2.08. The fourth-order valence-corrected chi connectivity index (χ4v) is 19.2. The fraction of sp³-hybridized carbons (Fsp3) is 1.00. The van der Waals surface area contributed by atoms with Crippen molar-refractivity contribution in [2.45, 2.75) is 240 Å². The van der Waals surface area contributed by atoms with Crippen LogP contribution >= 0.6 is 0 Å². The van der Waals surface area contributed by atoms with Crippen molar-refractivity contribution in [3.8, 4) is 0 Å². The second-order valence-corrected chi connectivity index (χ2v) is 32.1. The van der Waals surface area contributed by atoms with Crippen molar-refractivity contribution in [2.75, 3.05) is 131 Å². The lowest BCUT2D eigenvalue weighted by Gasteiger charge is -2.40. The van der Waals surface area contributed by atoms with Crippen molar-refractivity contribution in [3.63, 3.8) is 0 Å². The molecule has 8 atom stereocenters. The first-order valence-electron chi connectivity index (χ1n) is 31.0. The summed E-state index contributed by atoms with van der Waals surface area (Å²) in [6.45, 7) is 35.6. The topological polar surface area (TPSA) is 181 Å². The van der Waals surface area contributed by atoms with Gasteiger partial charge in [0.05, 0.1) is 89.5 Å². The molecule has 0 spiro atoms. The second-order valence-electron chi connectivity index (χ2n) is 22.6. The van der Waals surface area contributed by atoms with Crippen LogP contribution < -0.4 is 0 Å². The Bertz CT molecular complexity index is 1360. The Morgan fingerprint density at radius 2 is 0.769 bits per heavy atom. The second kappa shape index (κ2) is 42.7. The number of aliphatic hydroxyl groups excluding tert-OH is 3. The predicted molar refractivity (Wildman–Crippen MR) is 318 cm³/mol. The zero-order valence-corrected chi connectivity index (χ0v) is 55.2. The molecule has 2 aliphatic carbocycles. The third-order valence-corrected chi connectivity index (χ3v) is 23.2. The van der Waals surface area contributed by atoms with Gasteiger partial charge in [0.1, 0.15) is 6.10 Å². The van der Waals surface area contributed by atoms with Gasteiger partial charge in [-0.15, -0.1) is 0 Å². The maximum atomic E-state index is 11.4. The van der Waals surface area contributed by atoms with Gasteiger partial charge in [-0.3, -0.25) is 14.7 Å². The number of hydrogen-bond donors (Lipinski definition) is 3. The van der Waals surface area contributed by atoms with Gasteiger partial charge < -0.3 is 70.3 Å². The van der Waals surface area contributed by atoms with Crippen LogP contribution in [0.5, 0.6) is 0 Å². The monoisotopic (exact) mass is 1170 g/mol. The Hall–Kier alpha value is -0.0694. The van der Waals surface area contributed by atoms with Crippen LogP contribution in [0.2, 0.25) is 19.6 Å². The predicted octanol–water partition coefficient (Wildman–Crippen LogP) is 7.91. The normalized spacial score (nSPS) is 18.9. The Kier molecular flexibility index (Phi) is 40.5. The molecule has 0 radical (unpaired) electrons. The first-order chi connectivity index (χ1) is 37.3. The minimum atomic E-state index is -2.48. The van der Waals surface area contributed by atoms with E-state index in [9.17, 15) is 15.3 Å². The summed E-state index contributed by atoms with van der Waals surface area (Å²) < 4.78 is 74.9. The van der Waals surface area contributed by atoms with E-state index in [4.69, 9.17) is 55.0 Å². The molecule has 0 bridgehead atoms. The molecule has 0 heterocycles. The SMILES string of the molecule is CCCC(CC)N(CC(O)COC(C)COCC(COCC(C)OCC(O)CN(C[Si](C)(OCC)OCC)C1CCCCC1)OCC(C)OCC(O)CN(C[Si](C)(OCC)OCC)C1CCCCC1)C[Si](C)(OCC)OCC. The number of nitrogens with zero attached hydrogens (tertiary/aromatic N) is 3. The molecule has 2 fully saturated rings. The lowest BCUT2D eigenvalue weighted by atomic mass is 9.94. The molecule has 78 heavy (non-hydrogen) atoms. The van der Waals surface area contributed by atoms with Crippen molar-refractivity contribution in [1.29, 1.82) is 0 Å². The Labute approximate surface area is 479 Å². The van der Waals surface area contributed by atoms with Gasteiger partial charge in [0.15, 0.2) is 0 Å². The van der Waals surface area contributed by atoms with Crippen molar-refractivity contribution >= 4 is 25.7 Å². The van der Waals surface area contributed by atoms with E-state index in [1.807, 2.05) is 62.3 Å². The minimum absolute atomic E-state index is 0.167. The summed E-state index contributed by atoms with van der Waals surface area (Å²) >= 11 is 0. The summed E-state index contributed by atoms with van der Waals surface area (Å²) in [7, 11) is -7.40. The molecule has 8 unspecified atom stereocenters. The summed E-state index contributed by atoms with van der Waals surface area (Å²) in [6, 6.07) is 1.08. The molecule has 2 saturated carbocycles. The van der Waals surface area contributed by atoms with Gasteiger partial charge in [-0.1, -0.05) is 58.8 Å². The smallest absolute Gasteiger partial charge is 0.349 e. The van der Waals surface area contributed by atoms with Crippen molar-refractivity contribution in [1.82, 2.24) is 14.7 Å². The highest BCUT2D eigenvalue weighted by Crippen LogP contribution is 2.27. The molecule has 2 rings (SSSR count). The van der Waals surface area contributed by atoms with E-state index in [1.165, 1.54) is 38.5 Å². The zero-order valence-electron chi connectivity index (χ0n) is 52.2. The number of ether oxygens (including phenoxy) is 6. The van der Waals surface area contributed by atoms with Gasteiger partial charge in [-0.05, 0) is 120 Å². The van der Waals surface area contributed by atoms with Crippen LogP contribution in [0.3, 0.4) is 0 Å². The van der Waals surface area contributed by atoms with E-state index < -0.39 is 50.1 Å². The van der Waals surface area contributed by atoms with Crippen LogP contribution in [0.1, 0.15) is 160 Å². The standard InChI is InChI=1S/C57H121N3O15Si3/c1-15-29-51(16-2)58(45-76(12,70-17-3)71-18-4)34-54(61)40-66-48(9)37-64-43-57(69-39-50(11)68-42-56(63)36-60(53-32-27-24-28-33-53)47-78(14,74-21-7)75-22-8)44-65-38-49(10)67-41-55(62)35-59(52-30-25-23-26-31-52)46-77(13,72-19-5)73-20-6/h48-57,61-63H,15-47H2,1-14H3. The van der Waals surface area contributed by atoms with Crippen LogP contribution in [-0.2, 0) is 55.0 Å². The van der Waals surface area contributed by atoms with Gasteiger partial charge >= 0.3 is 25.7 Å². The number of rotatable bonds is 50. The van der Waals surface area contributed by atoms with E-state index in [-0.39, 0.29) is 58.0 Å². The molecule has 0 amide bonds. The molecule has 0 aliphatic heterocycles. The van der Waals surface area contributed by atoms with Crippen LogP contribution in [0.25, 0.3) is 0 Å². The molecular formula is C57H121N3O15Si3. The van der Waals surface area contributed by atoms with Crippen LogP contribution in [0.15, 0.2) is 0 Å². The maximum Gasteiger partial charge on any atom is 0.349 e. The van der Waals surface area contributed by atoms with Crippen molar-refractivity contribution < 1.29 is 70.3 Å². The summed E-state index contributed by atoms with van der Waals surface area (Å²) in [5.74, 6) is 0. The highest BCUT2D eigenvalue weighted by Gasteiger charge is 2.40. The third-order valence-electron chi connectivity index (χ3n) is 14.9. The number of hydrogen-bond acceptors (Lipinski definition) is 18. The van der Waals surface area contributed by atoms with Gasteiger partial charge in [0, 0.05) is 95.9 Å². The Morgan fingerprint density at radius 3 is 1.12 bits per heavy atom. The van der Waals surface area contributed by atoms with E-state index in [0.717, 1.165) is 44.9 Å². The average molecular weight is 1170 g/mol. The maximum absolute atomic E-state index is 11.4. The summed E-state index contributed by atoms with van der Waals surface area (Å²) in [4.78, 5) is 7.15. The molecule has 21 heteroatoms. The highest BCUT2D eigenvalue weighted by atomic mass is 28.4. The first-order valence-corrected chi connectivity index (χ1v) is 38.6. The summed E-state index contributed by atoms with van der Waals surface area (Å²) in [5, 5.41) is 34.1. The van der Waals surface area contributed by atoms with Gasteiger partial charge in [-0.25, -0.2) is 0 Å². The molecule has 3 N–H and O–H groups in total. The van der Waals surface area contributed by atoms with Crippen LogP contribution in [0, 0.1) is 0 Å². The molecule has 466 valence electrons. The molecule has 0 aromatic carbocycles. The Morgan fingerprint density at radius 1 is 0.423 bits per heavy atom. The fourth-order valence-electron chi connectivity index (χ4n) is 11.3. The minimum Gasteiger partial charge on any atom is -0.394 e. The third kappa shape index (κ3) is 31.7. The van der Waals surface area contributed by atoms with E-state index in [1.54, 1.807) is 0 Å². The van der Waals surface area contributed by atoms with Crippen molar-refractivity contribution in [3.05, 3.63) is 0 Å². The quantitative estimate of drug-likeness (QED) is 0.0500. The van der Waals surface area contributed by atoms with E-state index in [0.29, 0.717) is 109 Å². The van der Waals surface area contributed by atoms with Crippen LogP contribution in [0.4, 0.5) is 0 Å². The van der Waals surface area contributed by atoms with Crippen LogP contribution in [-0.4, -0.2) is 247 Å². The largest absolute Gasteiger partial charge is 0.394 e. The summed E-state index contributed by atoms with van der Waals surface area (Å²) in [6.07, 6.45) is 13.5. The van der Waals surface area contributed by atoms with Crippen molar-refractivity contribution in [2.24, 2.45) is 0 Å². The molecule has 0 saturated heterocycles. The summed E-state index contributed by atoms with van der Waals surface area (Å²) in [5.41, 5.74) is 0. The zero-order chi connectivity index (χ0) is 57.8. The number of aliphatic hydroxyl groups is 3. The molecule has 0 aromatic heterocycles. The average Bonchev–Trinajstić information content (AvgIpc) is 3.41. The van der Waals surface area contributed by atoms with Gasteiger partial charge in [-0.2, -0.15) is 0 Å². The van der Waals surface area contributed by atoms with E-state index >= 15 is 0 Å². The lowest BCUT2D eigenvalue weighted by molar-refractivity contribution is -0.118. The van der Waals surface area contributed by atoms with Gasteiger partial charge in [0.25, 0.3) is 0 Å². The molecule has 0 aromatic rings.